The molecule has 154 valence electrons. The van der Waals surface area contributed by atoms with E-state index in [4.69, 9.17) is 46.3 Å². The zero-order valence-electron chi connectivity index (χ0n) is 15.0. The van der Waals surface area contributed by atoms with Crippen LogP contribution in [0.1, 0.15) is 20.3 Å². The van der Waals surface area contributed by atoms with Gasteiger partial charge in [0.05, 0.1) is 72.2 Å². The van der Waals surface area contributed by atoms with E-state index in [9.17, 15) is 0 Å². The summed E-state index contributed by atoms with van der Waals surface area (Å²) < 4.78 is 58.1. The second-order valence-electron chi connectivity index (χ2n) is 4.71. The van der Waals surface area contributed by atoms with Crippen molar-refractivity contribution in [1.82, 2.24) is 0 Å². The van der Waals surface area contributed by atoms with Crippen LogP contribution in [0.2, 0.25) is 0 Å². The van der Waals surface area contributed by atoms with Gasteiger partial charge in [0.15, 0.2) is 0 Å². The molecule has 10 nitrogen and oxygen atoms in total. The highest BCUT2D eigenvalue weighted by Gasteiger charge is 1.97. The van der Waals surface area contributed by atoms with Crippen LogP contribution < -0.4 is 0 Å². The van der Waals surface area contributed by atoms with E-state index in [2.05, 4.69) is 13.8 Å². The van der Waals surface area contributed by atoms with E-state index in [0.717, 1.165) is 6.42 Å². The lowest BCUT2D eigenvalue weighted by Gasteiger charge is -2.10. The Hall–Kier alpha value is -0.370. The predicted octanol–water partition coefficient (Wildman–Crippen LogP) is 0.207. The molecule has 0 heterocycles. The van der Waals surface area contributed by atoms with E-state index in [0.29, 0.717) is 65.6 Å². The molecule has 0 aliphatic carbocycles. The summed E-state index contributed by atoms with van der Waals surface area (Å²) in [5, 5.41) is 8.48. The number of hydrogen-bond acceptors (Lipinski definition) is 8. The zero-order valence-corrected chi connectivity index (χ0v) is 15.8. The van der Waals surface area contributed by atoms with Crippen molar-refractivity contribution in [3.05, 3.63) is 0 Å². The molecule has 0 aliphatic rings. The van der Waals surface area contributed by atoms with Gasteiger partial charge in [-0.2, -0.15) is 8.42 Å². The zero-order chi connectivity index (χ0) is 19.4. The Morgan fingerprint density at radius 1 is 0.760 bits per heavy atom. The van der Waals surface area contributed by atoms with Gasteiger partial charge < -0.3 is 28.8 Å². The maximum atomic E-state index is 8.74. The third-order valence-corrected chi connectivity index (χ3v) is 2.56. The minimum Gasteiger partial charge on any atom is -0.394 e. The van der Waals surface area contributed by atoms with Gasteiger partial charge >= 0.3 is 10.4 Å². The summed E-state index contributed by atoms with van der Waals surface area (Å²) >= 11 is 0. The third kappa shape index (κ3) is 35.6. The fourth-order valence-corrected chi connectivity index (χ4v) is 1.25. The normalized spacial score (nSPS) is 12.5. The van der Waals surface area contributed by atoms with Crippen LogP contribution in [0.3, 0.4) is 0 Å². The largest absolute Gasteiger partial charge is 0.394 e. The summed E-state index contributed by atoms with van der Waals surface area (Å²) in [5.41, 5.74) is 0. The second kappa shape index (κ2) is 19.9. The summed E-state index contributed by atoms with van der Waals surface area (Å²) in [6.45, 7) is 9.04. The number of aliphatic hydroxyl groups is 1. The molecule has 11 heteroatoms. The molecule has 3 N–H and O–H groups in total. The van der Waals surface area contributed by atoms with Crippen molar-refractivity contribution < 1.29 is 46.3 Å². The molecule has 1 unspecified atom stereocenters. The SMILES string of the molecule is CCC(C)OCCOCCOCCOCCOCCO.O=S(=O)(O)O. The minimum atomic E-state index is -4.67. The lowest BCUT2D eigenvalue weighted by molar-refractivity contribution is -0.0214. The summed E-state index contributed by atoms with van der Waals surface area (Å²) in [4.78, 5) is 0. The van der Waals surface area contributed by atoms with Crippen LogP contribution >= 0.6 is 0 Å². The Bertz CT molecular complexity index is 342. The first-order chi connectivity index (χ1) is 11.8. The van der Waals surface area contributed by atoms with Crippen molar-refractivity contribution in [1.29, 1.82) is 0 Å². The smallest absolute Gasteiger partial charge is 0.394 e. The quantitative estimate of drug-likeness (QED) is 0.246. The molecule has 25 heavy (non-hydrogen) atoms. The molecule has 0 fully saturated rings. The van der Waals surface area contributed by atoms with Gasteiger partial charge in [-0.25, -0.2) is 0 Å². The molecule has 0 aromatic rings. The Morgan fingerprint density at radius 2 is 1.08 bits per heavy atom. The first-order valence-electron chi connectivity index (χ1n) is 8.04. The number of rotatable bonds is 16. The van der Waals surface area contributed by atoms with Gasteiger partial charge in [-0.3, -0.25) is 9.11 Å². The first kappa shape index (κ1) is 26.9. The van der Waals surface area contributed by atoms with Crippen molar-refractivity contribution in [2.24, 2.45) is 0 Å². The fraction of sp³-hybridized carbons (Fsp3) is 1.00. The Labute approximate surface area is 149 Å². The van der Waals surface area contributed by atoms with Crippen molar-refractivity contribution >= 4 is 10.4 Å². The molecule has 0 rings (SSSR count). The highest BCUT2D eigenvalue weighted by molar-refractivity contribution is 7.79. The predicted molar refractivity (Wildman–Crippen MR) is 90.2 cm³/mol. The maximum Gasteiger partial charge on any atom is 0.394 e. The fourth-order valence-electron chi connectivity index (χ4n) is 1.25. The van der Waals surface area contributed by atoms with Crippen LogP contribution in [0.4, 0.5) is 0 Å². The van der Waals surface area contributed by atoms with E-state index in [1.807, 2.05) is 0 Å². The van der Waals surface area contributed by atoms with Gasteiger partial charge in [0.25, 0.3) is 0 Å². The monoisotopic (exact) mass is 392 g/mol. The molecule has 0 spiro atoms. The van der Waals surface area contributed by atoms with Crippen LogP contribution in [0.25, 0.3) is 0 Å². The first-order valence-corrected chi connectivity index (χ1v) is 9.44. The van der Waals surface area contributed by atoms with E-state index < -0.39 is 10.4 Å². The second-order valence-corrected chi connectivity index (χ2v) is 5.61. The van der Waals surface area contributed by atoms with Crippen LogP contribution in [-0.4, -0.2) is 94.8 Å². The number of aliphatic hydroxyl groups excluding tert-OH is 1. The molecule has 0 radical (unpaired) electrons. The molecule has 0 bridgehead atoms. The summed E-state index contributed by atoms with van der Waals surface area (Å²) in [7, 11) is -4.67. The standard InChI is InChI=1S/C14H30O6.H2O4S/c1-3-14(2)20-13-12-19-11-10-18-9-8-17-7-6-16-5-4-15;1-5(2,3)4/h14-15H,3-13H2,1-2H3;(H2,1,2,3,4). The summed E-state index contributed by atoms with van der Waals surface area (Å²) in [5.74, 6) is 0. The molecular formula is C14H32O10S. The highest BCUT2D eigenvalue weighted by atomic mass is 32.3. The summed E-state index contributed by atoms with van der Waals surface area (Å²) in [6.07, 6.45) is 1.32. The van der Waals surface area contributed by atoms with Crippen molar-refractivity contribution in [3.63, 3.8) is 0 Å². The molecular weight excluding hydrogens is 360 g/mol. The molecule has 0 aliphatic heterocycles. The average molecular weight is 392 g/mol. The highest BCUT2D eigenvalue weighted by Crippen LogP contribution is 1.94. The number of hydrogen-bond donors (Lipinski definition) is 3. The minimum absolute atomic E-state index is 0.0471. The van der Waals surface area contributed by atoms with Crippen LogP contribution in [0.15, 0.2) is 0 Å². The van der Waals surface area contributed by atoms with Gasteiger partial charge in [0.2, 0.25) is 0 Å². The van der Waals surface area contributed by atoms with E-state index in [-0.39, 0.29) is 6.61 Å². The van der Waals surface area contributed by atoms with Gasteiger partial charge in [-0.05, 0) is 13.3 Å². The van der Waals surface area contributed by atoms with Gasteiger partial charge in [0.1, 0.15) is 0 Å². The van der Waals surface area contributed by atoms with Crippen molar-refractivity contribution in [3.8, 4) is 0 Å². The lowest BCUT2D eigenvalue weighted by atomic mass is 10.3. The molecule has 0 aromatic heterocycles. The van der Waals surface area contributed by atoms with Gasteiger partial charge in [0, 0.05) is 0 Å². The van der Waals surface area contributed by atoms with E-state index in [1.165, 1.54) is 0 Å². The van der Waals surface area contributed by atoms with Crippen molar-refractivity contribution in [2.75, 3.05) is 66.1 Å². The lowest BCUT2D eigenvalue weighted by Crippen LogP contribution is -2.15. The van der Waals surface area contributed by atoms with Gasteiger partial charge in [-0.15, -0.1) is 0 Å². The molecule has 0 aromatic carbocycles. The van der Waals surface area contributed by atoms with Crippen LogP contribution in [0, 0.1) is 0 Å². The van der Waals surface area contributed by atoms with E-state index >= 15 is 0 Å². The molecule has 0 saturated heterocycles. The molecule has 0 amide bonds. The Morgan fingerprint density at radius 3 is 1.40 bits per heavy atom. The van der Waals surface area contributed by atoms with Gasteiger partial charge in [-0.1, -0.05) is 6.92 Å². The average Bonchev–Trinajstić information content (AvgIpc) is 2.53. The van der Waals surface area contributed by atoms with Crippen molar-refractivity contribution in [2.45, 2.75) is 26.4 Å². The molecule has 0 saturated carbocycles. The third-order valence-electron chi connectivity index (χ3n) is 2.56. The topological polar surface area (TPSA) is 141 Å². The number of ether oxygens (including phenoxy) is 5. The van der Waals surface area contributed by atoms with Crippen LogP contribution in [0.5, 0.6) is 0 Å². The molecule has 1 atom stereocenters. The van der Waals surface area contributed by atoms with Crippen LogP contribution in [-0.2, 0) is 34.1 Å². The summed E-state index contributed by atoms with van der Waals surface area (Å²) in [6, 6.07) is 0. The Kier molecular flexibility index (Phi) is 21.4. The maximum absolute atomic E-state index is 8.74. The van der Waals surface area contributed by atoms with E-state index in [1.54, 1.807) is 0 Å². The Balaban J connectivity index is 0.